The molecule has 0 rings (SSSR count). The lowest BCUT2D eigenvalue weighted by molar-refractivity contribution is 0.817. The summed E-state index contributed by atoms with van der Waals surface area (Å²) in [7, 11) is 0. The molecule has 0 aromatic rings. The van der Waals surface area contributed by atoms with E-state index in [0.717, 1.165) is 17.7 Å². The molecule has 0 unspecified atom stereocenters. The van der Waals surface area contributed by atoms with Crippen LogP contribution in [-0.4, -0.2) is 8.94 Å². The smallest absolute Gasteiger partial charge is 0.0527 e. The summed E-state index contributed by atoms with van der Waals surface area (Å²) in [6.45, 7) is 3.92. The molecule has 0 nitrogen and oxygen atoms in total. The summed E-state index contributed by atoms with van der Waals surface area (Å²) < 4.78 is -0.167. The van der Waals surface area contributed by atoms with Gasteiger partial charge in [0.05, 0.1) is 4.08 Å². The van der Waals surface area contributed by atoms with Crippen LogP contribution in [0.1, 0.15) is 26.7 Å². The van der Waals surface area contributed by atoms with Gasteiger partial charge in [-0.1, -0.05) is 12.2 Å². The van der Waals surface area contributed by atoms with E-state index < -0.39 is 0 Å². The highest BCUT2D eigenvalue weighted by Crippen LogP contribution is 2.24. The van der Waals surface area contributed by atoms with Gasteiger partial charge < -0.3 is 0 Å². The Morgan fingerprint density at radius 1 is 1.56 bits per heavy atom. The molecule has 54 valence electrons. The lowest BCUT2D eigenvalue weighted by Gasteiger charge is -2.14. The third-order valence-electron chi connectivity index (χ3n) is 0.951. The Bertz CT molecular complexity index is 101. The number of hydrogen-bond donors (Lipinski definition) is 2. The minimum absolute atomic E-state index is 0.167. The van der Waals surface area contributed by atoms with Gasteiger partial charge in [-0.15, -0.1) is 0 Å². The van der Waals surface area contributed by atoms with E-state index in [0.29, 0.717) is 0 Å². The predicted octanol–water partition coefficient (Wildman–Crippen LogP) is 2.73. The third-order valence-corrected chi connectivity index (χ3v) is 1.60. The quantitative estimate of drug-likeness (QED) is 0.382. The van der Waals surface area contributed by atoms with Crippen LogP contribution in [0.4, 0.5) is 0 Å². The zero-order valence-corrected chi connectivity index (χ0v) is 8.32. The second kappa shape index (κ2) is 3.84. The first-order chi connectivity index (χ1) is 3.92. The Labute approximate surface area is 73.2 Å². The molecule has 0 bridgehead atoms. The van der Waals surface area contributed by atoms with Gasteiger partial charge in [0.25, 0.3) is 0 Å². The van der Waals surface area contributed by atoms with Crippen molar-refractivity contribution in [2.45, 2.75) is 30.8 Å². The topological polar surface area (TPSA) is 0 Å². The zero-order valence-electron chi connectivity index (χ0n) is 5.72. The molecule has 0 aliphatic heterocycles. The first kappa shape index (κ1) is 9.79. The van der Waals surface area contributed by atoms with Crippen molar-refractivity contribution < 1.29 is 0 Å². The average Bonchev–Trinajstić information content (AvgIpc) is 1.59. The molecular formula is C6H12S3. The van der Waals surface area contributed by atoms with E-state index in [1.165, 1.54) is 0 Å². The van der Waals surface area contributed by atoms with Gasteiger partial charge in [-0.2, -0.15) is 25.3 Å². The zero-order chi connectivity index (χ0) is 7.49. The van der Waals surface area contributed by atoms with Crippen molar-refractivity contribution in [2.75, 3.05) is 0 Å². The molecule has 9 heavy (non-hydrogen) atoms. The highest BCUT2D eigenvalue weighted by atomic mass is 32.2. The Balaban J connectivity index is 3.39. The van der Waals surface area contributed by atoms with Crippen LogP contribution in [0, 0.1) is 0 Å². The van der Waals surface area contributed by atoms with E-state index in [9.17, 15) is 0 Å². The van der Waals surface area contributed by atoms with Gasteiger partial charge >= 0.3 is 0 Å². The van der Waals surface area contributed by atoms with Crippen LogP contribution in [0.2, 0.25) is 0 Å². The predicted molar refractivity (Wildman–Crippen MR) is 53.9 cm³/mol. The molecule has 0 heterocycles. The number of hydrogen-bond acceptors (Lipinski definition) is 3. The van der Waals surface area contributed by atoms with Crippen LogP contribution in [0.25, 0.3) is 0 Å². The van der Waals surface area contributed by atoms with Gasteiger partial charge in [0, 0.05) is 0 Å². The standard InChI is InChI=1S/C6H12S3/c1-5(7)3-4-6(2,8)9/h8-9H,3-4H2,1-2H3. The van der Waals surface area contributed by atoms with Gasteiger partial charge in [-0.25, -0.2) is 0 Å². The normalized spacial score (nSPS) is 11.6. The second-order valence-corrected chi connectivity index (χ2v) is 5.44. The van der Waals surface area contributed by atoms with Gasteiger partial charge in [-0.3, -0.25) is 0 Å². The molecule has 3 heteroatoms. The summed E-state index contributed by atoms with van der Waals surface area (Å²) in [4.78, 5) is 1.03. The van der Waals surface area contributed by atoms with Crippen LogP contribution >= 0.6 is 37.5 Å². The average molecular weight is 180 g/mol. The molecule has 0 aliphatic rings. The first-order valence-electron chi connectivity index (χ1n) is 2.86. The van der Waals surface area contributed by atoms with E-state index in [1.807, 2.05) is 13.8 Å². The van der Waals surface area contributed by atoms with Crippen LogP contribution in [0.3, 0.4) is 0 Å². The van der Waals surface area contributed by atoms with Gasteiger partial charge in [0.1, 0.15) is 0 Å². The Kier molecular flexibility index (Phi) is 4.17. The molecule has 0 atom stereocenters. The molecule has 0 saturated heterocycles. The number of thiol groups is 2. The summed E-state index contributed by atoms with van der Waals surface area (Å²) in [5.41, 5.74) is 0. The molecular weight excluding hydrogens is 168 g/mol. The fraction of sp³-hybridized carbons (Fsp3) is 0.833. The summed E-state index contributed by atoms with van der Waals surface area (Å²) in [5, 5.41) is 0. The third kappa shape index (κ3) is 8.79. The Morgan fingerprint density at radius 3 is 2.11 bits per heavy atom. The van der Waals surface area contributed by atoms with E-state index in [1.54, 1.807) is 0 Å². The molecule has 0 spiro atoms. The second-order valence-electron chi connectivity index (χ2n) is 2.42. The molecule has 0 N–H and O–H groups in total. The van der Waals surface area contributed by atoms with Gasteiger partial charge in [-0.05, 0) is 31.6 Å². The molecule has 0 saturated carbocycles. The van der Waals surface area contributed by atoms with Crippen molar-refractivity contribution in [1.29, 1.82) is 0 Å². The maximum Gasteiger partial charge on any atom is 0.0527 e. The van der Waals surface area contributed by atoms with Gasteiger partial charge in [0.2, 0.25) is 0 Å². The summed E-state index contributed by atoms with van der Waals surface area (Å²) >= 11 is 13.4. The molecule has 0 fully saturated rings. The number of thiocarbonyl (C=S) groups is 1. The fourth-order valence-corrected chi connectivity index (χ4v) is 0.739. The Hall–Kier alpha value is 0.790. The van der Waals surface area contributed by atoms with E-state index >= 15 is 0 Å². The maximum atomic E-state index is 4.90. The largest absolute Gasteiger partial charge is 0.162 e. The van der Waals surface area contributed by atoms with Crippen molar-refractivity contribution in [2.24, 2.45) is 0 Å². The fourth-order valence-electron chi connectivity index (χ4n) is 0.413. The van der Waals surface area contributed by atoms with Crippen LogP contribution in [-0.2, 0) is 0 Å². The molecule has 0 aliphatic carbocycles. The van der Waals surface area contributed by atoms with Crippen molar-refractivity contribution >= 4 is 42.3 Å². The van der Waals surface area contributed by atoms with E-state index in [4.69, 9.17) is 12.2 Å². The van der Waals surface area contributed by atoms with Crippen LogP contribution in [0.5, 0.6) is 0 Å². The first-order valence-corrected chi connectivity index (χ1v) is 4.16. The minimum Gasteiger partial charge on any atom is -0.162 e. The van der Waals surface area contributed by atoms with E-state index in [2.05, 4.69) is 25.3 Å². The monoisotopic (exact) mass is 180 g/mol. The molecule has 0 radical (unpaired) electrons. The Morgan fingerprint density at radius 2 is 2.00 bits per heavy atom. The highest BCUT2D eigenvalue weighted by Gasteiger charge is 2.11. The van der Waals surface area contributed by atoms with E-state index in [-0.39, 0.29) is 4.08 Å². The molecule has 0 aromatic carbocycles. The van der Waals surface area contributed by atoms with Crippen LogP contribution in [0.15, 0.2) is 0 Å². The minimum atomic E-state index is -0.167. The summed E-state index contributed by atoms with van der Waals surface area (Å²) in [6.07, 6.45) is 1.88. The molecule has 0 amide bonds. The maximum absolute atomic E-state index is 4.90. The van der Waals surface area contributed by atoms with Crippen LogP contribution < -0.4 is 0 Å². The highest BCUT2D eigenvalue weighted by molar-refractivity contribution is 8.00. The lowest BCUT2D eigenvalue weighted by atomic mass is 10.2. The SMILES string of the molecule is CC(=S)CCC(C)(S)S. The molecule has 0 aromatic heterocycles. The number of rotatable bonds is 3. The lowest BCUT2D eigenvalue weighted by Crippen LogP contribution is -2.07. The van der Waals surface area contributed by atoms with Crippen molar-refractivity contribution in [3.05, 3.63) is 0 Å². The van der Waals surface area contributed by atoms with Crippen molar-refractivity contribution in [1.82, 2.24) is 0 Å². The van der Waals surface area contributed by atoms with Gasteiger partial charge in [0.15, 0.2) is 0 Å². The summed E-state index contributed by atoms with van der Waals surface area (Å²) in [6, 6.07) is 0. The van der Waals surface area contributed by atoms with Crippen molar-refractivity contribution in [3.63, 3.8) is 0 Å². The summed E-state index contributed by atoms with van der Waals surface area (Å²) in [5.74, 6) is 0. The van der Waals surface area contributed by atoms with Crippen molar-refractivity contribution in [3.8, 4) is 0 Å².